The number of anilines is 1. The Labute approximate surface area is 156 Å². The quantitative estimate of drug-likeness (QED) is 0.351. The van der Waals surface area contributed by atoms with Gasteiger partial charge < -0.3 is 19.9 Å². The summed E-state index contributed by atoms with van der Waals surface area (Å²) in [6, 6.07) is 8.38. The minimum atomic E-state index is 0.559. The second-order valence-corrected chi connectivity index (χ2v) is 6.41. The zero-order chi connectivity index (χ0) is 17.9. The highest BCUT2D eigenvalue weighted by Crippen LogP contribution is 2.13. The summed E-state index contributed by atoms with van der Waals surface area (Å²) in [5.74, 6) is 0. The second-order valence-electron chi connectivity index (χ2n) is 6.00. The SMILES string of the molecule is CCN(CC)c1ccc(/C=N\NC(=S)NCC[NH+]2CCOCC2)cc1. The van der Waals surface area contributed by atoms with Crippen LogP contribution in [0.25, 0.3) is 0 Å². The molecule has 3 N–H and O–H groups in total. The van der Waals surface area contributed by atoms with Crippen LogP contribution in [0.5, 0.6) is 0 Å². The standard InChI is InChI=1S/C18H29N5OS/c1-3-23(4-2)17-7-5-16(6-8-17)15-20-21-18(25)19-9-10-22-11-13-24-14-12-22/h5-8,15H,3-4,9-14H2,1-2H3,(H2,19,21,25)/p+1/b20-15-. The molecule has 1 fully saturated rings. The normalized spacial score (nSPS) is 15.3. The van der Waals surface area contributed by atoms with Crippen LogP contribution in [0.2, 0.25) is 0 Å². The van der Waals surface area contributed by atoms with Gasteiger partial charge >= 0.3 is 0 Å². The van der Waals surface area contributed by atoms with Crippen LogP contribution >= 0.6 is 12.2 Å². The Bertz CT molecular complexity index is 539. The first-order valence-electron chi connectivity index (χ1n) is 9.06. The first kappa shape index (κ1) is 19.6. The number of hydrogen-bond acceptors (Lipinski definition) is 4. The third-order valence-corrected chi connectivity index (χ3v) is 4.60. The van der Waals surface area contributed by atoms with E-state index in [1.165, 1.54) is 5.69 Å². The van der Waals surface area contributed by atoms with Gasteiger partial charge in [-0.05, 0) is 43.8 Å². The van der Waals surface area contributed by atoms with Crippen LogP contribution in [-0.2, 0) is 4.74 Å². The van der Waals surface area contributed by atoms with Crippen molar-refractivity contribution < 1.29 is 9.64 Å². The minimum absolute atomic E-state index is 0.559. The molecule has 2 rings (SSSR count). The number of morpholine rings is 1. The van der Waals surface area contributed by atoms with Crippen molar-refractivity contribution in [1.82, 2.24) is 10.7 Å². The molecule has 1 saturated heterocycles. The van der Waals surface area contributed by atoms with E-state index < -0.39 is 0 Å². The number of rotatable bonds is 8. The molecule has 0 radical (unpaired) electrons. The fourth-order valence-electron chi connectivity index (χ4n) is 2.83. The van der Waals surface area contributed by atoms with Gasteiger partial charge in [-0.2, -0.15) is 5.10 Å². The molecule has 0 aromatic heterocycles. The van der Waals surface area contributed by atoms with E-state index in [2.05, 4.69) is 58.9 Å². The molecule has 0 bridgehead atoms. The average Bonchev–Trinajstić information content (AvgIpc) is 2.65. The molecule has 138 valence electrons. The Balaban J connectivity index is 1.68. The fourth-order valence-corrected chi connectivity index (χ4v) is 2.98. The Morgan fingerprint density at radius 3 is 2.56 bits per heavy atom. The number of quaternary nitrogens is 1. The number of benzene rings is 1. The summed E-state index contributed by atoms with van der Waals surface area (Å²) in [5.41, 5.74) is 5.15. The Hall–Kier alpha value is -1.70. The predicted octanol–water partition coefficient (Wildman–Crippen LogP) is 0.246. The molecule has 1 aliphatic heterocycles. The molecule has 0 unspecified atom stereocenters. The van der Waals surface area contributed by atoms with Crippen molar-refractivity contribution >= 4 is 29.2 Å². The number of hydrogen-bond donors (Lipinski definition) is 3. The van der Waals surface area contributed by atoms with E-state index in [0.717, 1.165) is 58.0 Å². The second kappa shape index (κ2) is 11.0. The maximum Gasteiger partial charge on any atom is 0.187 e. The van der Waals surface area contributed by atoms with E-state index in [1.807, 2.05) is 0 Å². The molecule has 1 aromatic carbocycles. The molecule has 7 heteroatoms. The highest BCUT2D eigenvalue weighted by molar-refractivity contribution is 7.80. The number of ether oxygens (including phenoxy) is 1. The Kier molecular flexibility index (Phi) is 8.65. The molecule has 1 aromatic rings. The molecule has 0 spiro atoms. The first-order valence-corrected chi connectivity index (χ1v) is 9.47. The third kappa shape index (κ3) is 6.97. The Morgan fingerprint density at radius 2 is 1.92 bits per heavy atom. The van der Waals surface area contributed by atoms with E-state index in [-0.39, 0.29) is 0 Å². The molecule has 1 heterocycles. The van der Waals surface area contributed by atoms with Gasteiger partial charge in [0.15, 0.2) is 5.11 Å². The van der Waals surface area contributed by atoms with E-state index in [4.69, 9.17) is 17.0 Å². The summed E-state index contributed by atoms with van der Waals surface area (Å²) in [7, 11) is 0. The topological polar surface area (TPSA) is 53.3 Å². The molecule has 25 heavy (non-hydrogen) atoms. The van der Waals surface area contributed by atoms with Gasteiger partial charge in [0.2, 0.25) is 0 Å². The van der Waals surface area contributed by atoms with E-state index >= 15 is 0 Å². The largest absolute Gasteiger partial charge is 0.372 e. The monoisotopic (exact) mass is 364 g/mol. The van der Waals surface area contributed by atoms with Crippen LogP contribution in [0.4, 0.5) is 5.69 Å². The maximum absolute atomic E-state index is 5.35. The lowest BCUT2D eigenvalue weighted by atomic mass is 10.2. The van der Waals surface area contributed by atoms with Gasteiger partial charge in [-0.3, -0.25) is 5.43 Å². The van der Waals surface area contributed by atoms with Crippen molar-refractivity contribution in [2.75, 3.05) is 57.4 Å². The van der Waals surface area contributed by atoms with Gasteiger partial charge in [-0.1, -0.05) is 12.1 Å². The lowest BCUT2D eigenvalue weighted by molar-refractivity contribution is -0.906. The van der Waals surface area contributed by atoms with Crippen molar-refractivity contribution in [2.24, 2.45) is 5.10 Å². The molecule has 6 nitrogen and oxygen atoms in total. The van der Waals surface area contributed by atoms with Crippen LogP contribution in [0.1, 0.15) is 19.4 Å². The van der Waals surface area contributed by atoms with Crippen molar-refractivity contribution in [3.8, 4) is 0 Å². The summed E-state index contributed by atoms with van der Waals surface area (Å²) in [6.45, 7) is 12.1. The van der Waals surface area contributed by atoms with Crippen molar-refractivity contribution in [3.05, 3.63) is 29.8 Å². The highest BCUT2D eigenvalue weighted by Gasteiger charge is 2.12. The molecule has 0 saturated carbocycles. The van der Waals surface area contributed by atoms with Gasteiger partial charge in [0.1, 0.15) is 13.1 Å². The number of nitrogens with zero attached hydrogens (tertiary/aromatic N) is 2. The van der Waals surface area contributed by atoms with Gasteiger partial charge in [-0.15, -0.1) is 0 Å². The lowest BCUT2D eigenvalue weighted by Gasteiger charge is -2.23. The minimum Gasteiger partial charge on any atom is -0.372 e. The number of hydrazone groups is 1. The third-order valence-electron chi connectivity index (χ3n) is 4.37. The van der Waals surface area contributed by atoms with E-state index in [0.29, 0.717) is 5.11 Å². The van der Waals surface area contributed by atoms with Gasteiger partial charge in [-0.25, -0.2) is 0 Å². The van der Waals surface area contributed by atoms with Crippen LogP contribution in [0, 0.1) is 0 Å². The van der Waals surface area contributed by atoms with Crippen LogP contribution < -0.4 is 20.5 Å². The lowest BCUT2D eigenvalue weighted by Crippen LogP contribution is -3.14. The molecule has 0 amide bonds. The van der Waals surface area contributed by atoms with Crippen molar-refractivity contribution in [3.63, 3.8) is 0 Å². The van der Waals surface area contributed by atoms with Gasteiger partial charge in [0, 0.05) is 18.8 Å². The zero-order valence-corrected chi connectivity index (χ0v) is 16.1. The fraction of sp³-hybridized carbons (Fsp3) is 0.556. The van der Waals surface area contributed by atoms with Crippen molar-refractivity contribution in [2.45, 2.75) is 13.8 Å². The van der Waals surface area contributed by atoms with E-state index in [9.17, 15) is 0 Å². The summed E-state index contributed by atoms with van der Waals surface area (Å²) in [4.78, 5) is 3.87. The summed E-state index contributed by atoms with van der Waals surface area (Å²) >= 11 is 5.25. The molecule has 0 atom stereocenters. The number of nitrogens with one attached hydrogen (secondary N) is 3. The maximum atomic E-state index is 5.35. The number of thiocarbonyl (C=S) groups is 1. The van der Waals surface area contributed by atoms with Crippen molar-refractivity contribution in [1.29, 1.82) is 0 Å². The Morgan fingerprint density at radius 1 is 1.24 bits per heavy atom. The summed E-state index contributed by atoms with van der Waals surface area (Å²) in [5, 5.41) is 7.96. The molecular weight excluding hydrogens is 334 g/mol. The molecule has 1 aliphatic rings. The van der Waals surface area contributed by atoms with E-state index in [1.54, 1.807) is 11.1 Å². The average molecular weight is 365 g/mol. The zero-order valence-electron chi connectivity index (χ0n) is 15.3. The summed E-state index contributed by atoms with van der Waals surface area (Å²) in [6.07, 6.45) is 1.78. The molecule has 0 aliphatic carbocycles. The smallest absolute Gasteiger partial charge is 0.187 e. The molecular formula is C18H30N5OS+. The van der Waals surface area contributed by atoms with Gasteiger partial charge in [0.25, 0.3) is 0 Å². The first-order chi connectivity index (χ1) is 12.2. The predicted molar refractivity (Wildman–Crippen MR) is 108 cm³/mol. The van der Waals surface area contributed by atoms with Gasteiger partial charge in [0.05, 0.1) is 32.5 Å². The van der Waals surface area contributed by atoms with Crippen LogP contribution in [-0.4, -0.2) is 63.8 Å². The van der Waals surface area contributed by atoms with Crippen LogP contribution in [0.15, 0.2) is 29.4 Å². The van der Waals surface area contributed by atoms with Crippen LogP contribution in [0.3, 0.4) is 0 Å². The summed E-state index contributed by atoms with van der Waals surface area (Å²) < 4.78 is 5.35. The highest BCUT2D eigenvalue weighted by atomic mass is 32.1.